The Kier molecular flexibility index (Phi) is 6.08. The highest BCUT2D eigenvalue weighted by Gasteiger charge is 2.13. The largest absolute Gasteiger partial charge is 0.481 e. The third-order valence-electron chi connectivity index (χ3n) is 2.86. The van der Waals surface area contributed by atoms with Crippen molar-refractivity contribution in [2.75, 3.05) is 0 Å². The zero-order valence-electron chi connectivity index (χ0n) is 10.1. The first-order chi connectivity index (χ1) is 8.24. The molecule has 1 unspecified atom stereocenters. The summed E-state index contributed by atoms with van der Waals surface area (Å²) in [6.07, 6.45) is 16.5. The van der Waals surface area contributed by atoms with E-state index in [0.29, 0.717) is 5.92 Å². The van der Waals surface area contributed by atoms with Gasteiger partial charge in [-0.25, -0.2) is 0 Å². The lowest BCUT2D eigenvalue weighted by atomic mass is 9.97. The molecule has 0 saturated carbocycles. The van der Waals surface area contributed by atoms with Gasteiger partial charge in [-0.3, -0.25) is 4.79 Å². The third-order valence-corrected chi connectivity index (χ3v) is 2.86. The van der Waals surface area contributed by atoms with Crippen molar-refractivity contribution in [3.63, 3.8) is 0 Å². The summed E-state index contributed by atoms with van der Waals surface area (Å²) in [5, 5.41) is 8.49. The number of rotatable bonds is 7. The number of allylic oxidation sites excluding steroid dienone is 7. The molecule has 0 spiro atoms. The maximum atomic E-state index is 10.3. The summed E-state index contributed by atoms with van der Waals surface area (Å²) in [7, 11) is 0. The van der Waals surface area contributed by atoms with Crippen LogP contribution in [0.5, 0.6) is 0 Å². The molecule has 0 saturated heterocycles. The van der Waals surface area contributed by atoms with Crippen LogP contribution in [0.2, 0.25) is 0 Å². The molecule has 1 aliphatic carbocycles. The van der Waals surface area contributed by atoms with Crippen molar-refractivity contribution in [2.24, 2.45) is 5.92 Å². The summed E-state index contributed by atoms with van der Waals surface area (Å²) in [6, 6.07) is 0. The van der Waals surface area contributed by atoms with Gasteiger partial charge in [0, 0.05) is 6.42 Å². The first-order valence-corrected chi connectivity index (χ1v) is 6.10. The minimum absolute atomic E-state index is 0.261. The summed E-state index contributed by atoms with van der Waals surface area (Å²) in [6.45, 7) is 3.71. The molecule has 0 aromatic carbocycles. The molecule has 0 aliphatic heterocycles. The number of hydrogen-bond acceptors (Lipinski definition) is 1. The molecule has 0 fully saturated rings. The van der Waals surface area contributed by atoms with Crippen LogP contribution in [-0.4, -0.2) is 11.1 Å². The molecule has 0 bridgehead atoms. The zero-order chi connectivity index (χ0) is 12.5. The van der Waals surface area contributed by atoms with Gasteiger partial charge in [-0.15, -0.1) is 0 Å². The Hall–Kier alpha value is -1.57. The Labute approximate surface area is 103 Å². The Morgan fingerprint density at radius 2 is 2.35 bits per heavy atom. The van der Waals surface area contributed by atoms with E-state index in [-0.39, 0.29) is 6.42 Å². The number of hydrogen-bond donors (Lipinski definition) is 1. The van der Waals surface area contributed by atoms with Crippen LogP contribution >= 0.6 is 0 Å². The van der Waals surface area contributed by atoms with E-state index in [4.69, 9.17) is 5.11 Å². The summed E-state index contributed by atoms with van der Waals surface area (Å²) in [4.78, 5) is 10.3. The van der Waals surface area contributed by atoms with Crippen molar-refractivity contribution in [1.29, 1.82) is 0 Å². The fraction of sp³-hybridized carbons (Fsp3) is 0.400. The predicted molar refractivity (Wildman–Crippen MR) is 70.8 cm³/mol. The highest BCUT2D eigenvalue weighted by atomic mass is 16.4. The lowest BCUT2D eigenvalue weighted by molar-refractivity contribution is -0.137. The van der Waals surface area contributed by atoms with Crippen LogP contribution in [0.1, 0.15) is 32.1 Å². The first-order valence-electron chi connectivity index (χ1n) is 6.10. The number of unbranched alkanes of at least 4 members (excludes halogenated alkanes) is 1. The van der Waals surface area contributed by atoms with E-state index >= 15 is 0 Å². The highest BCUT2D eigenvalue weighted by Crippen LogP contribution is 2.27. The second-order valence-electron chi connectivity index (χ2n) is 4.23. The molecule has 0 radical (unpaired) electrons. The molecule has 0 aromatic heterocycles. The molecule has 92 valence electrons. The van der Waals surface area contributed by atoms with E-state index in [1.807, 2.05) is 6.08 Å². The average molecular weight is 232 g/mol. The number of carboxylic acids is 1. The van der Waals surface area contributed by atoms with Crippen molar-refractivity contribution in [3.05, 3.63) is 48.6 Å². The second-order valence-corrected chi connectivity index (χ2v) is 4.23. The number of carbonyl (C=O) groups is 1. The normalized spacial score (nSPS) is 21.4. The summed E-state index contributed by atoms with van der Waals surface area (Å²) in [5.41, 5.74) is 1.34. The van der Waals surface area contributed by atoms with Crippen molar-refractivity contribution >= 4 is 5.97 Å². The van der Waals surface area contributed by atoms with Gasteiger partial charge in [0.2, 0.25) is 0 Å². The summed E-state index contributed by atoms with van der Waals surface area (Å²) < 4.78 is 0. The van der Waals surface area contributed by atoms with E-state index < -0.39 is 5.97 Å². The van der Waals surface area contributed by atoms with Gasteiger partial charge in [0.15, 0.2) is 0 Å². The van der Waals surface area contributed by atoms with Gasteiger partial charge < -0.3 is 5.11 Å². The highest BCUT2D eigenvalue weighted by molar-refractivity contribution is 5.66. The Bertz CT molecular complexity index is 348. The average Bonchev–Trinajstić information content (AvgIpc) is 2.71. The smallest absolute Gasteiger partial charge is 0.303 e. The molecule has 1 aliphatic rings. The van der Waals surface area contributed by atoms with Gasteiger partial charge in [-0.05, 0) is 37.2 Å². The molecular weight excluding hydrogens is 212 g/mol. The minimum atomic E-state index is -0.713. The molecule has 1 atom stereocenters. The fourth-order valence-corrected chi connectivity index (χ4v) is 1.95. The first kappa shape index (κ1) is 13.5. The van der Waals surface area contributed by atoms with Crippen LogP contribution < -0.4 is 0 Å². The van der Waals surface area contributed by atoms with Crippen molar-refractivity contribution in [1.82, 2.24) is 0 Å². The van der Waals surface area contributed by atoms with Crippen LogP contribution in [0.4, 0.5) is 0 Å². The van der Waals surface area contributed by atoms with Gasteiger partial charge in [0.05, 0.1) is 0 Å². The molecule has 1 N–H and O–H groups in total. The van der Waals surface area contributed by atoms with Crippen LogP contribution in [-0.2, 0) is 4.79 Å². The van der Waals surface area contributed by atoms with E-state index in [1.165, 1.54) is 5.57 Å². The van der Waals surface area contributed by atoms with Gasteiger partial charge in [-0.2, -0.15) is 0 Å². The van der Waals surface area contributed by atoms with Crippen LogP contribution in [0.3, 0.4) is 0 Å². The molecule has 1 rings (SSSR count). The quantitative estimate of drug-likeness (QED) is 0.534. The maximum Gasteiger partial charge on any atom is 0.303 e. The standard InChI is InChI=1S/C15H20O2/c1-2-8-13-10-7-11-14(13)9-5-3-4-6-12-15(16)17/h2-3,5,7-8,10,14H,1,4,6,9,11-12H2,(H,16,17). The minimum Gasteiger partial charge on any atom is -0.481 e. The molecule has 0 amide bonds. The van der Waals surface area contributed by atoms with Gasteiger partial charge in [0.1, 0.15) is 0 Å². The maximum absolute atomic E-state index is 10.3. The van der Waals surface area contributed by atoms with E-state index in [0.717, 1.165) is 25.7 Å². The van der Waals surface area contributed by atoms with Crippen LogP contribution in [0, 0.1) is 5.92 Å². The Balaban J connectivity index is 2.22. The Morgan fingerprint density at radius 1 is 1.53 bits per heavy atom. The topological polar surface area (TPSA) is 37.3 Å². The van der Waals surface area contributed by atoms with Crippen LogP contribution in [0.25, 0.3) is 0 Å². The lowest BCUT2D eigenvalue weighted by Gasteiger charge is -2.08. The van der Waals surface area contributed by atoms with Gasteiger partial charge in [-0.1, -0.05) is 43.0 Å². The molecule has 0 aromatic rings. The van der Waals surface area contributed by atoms with Crippen molar-refractivity contribution < 1.29 is 9.90 Å². The van der Waals surface area contributed by atoms with Crippen molar-refractivity contribution in [2.45, 2.75) is 32.1 Å². The van der Waals surface area contributed by atoms with Crippen LogP contribution in [0.15, 0.2) is 48.6 Å². The fourth-order valence-electron chi connectivity index (χ4n) is 1.95. The SMILES string of the molecule is C=CC=C1C=CCC1CC=CCCCC(=O)O. The van der Waals surface area contributed by atoms with Gasteiger partial charge >= 0.3 is 5.97 Å². The van der Waals surface area contributed by atoms with E-state index in [1.54, 1.807) is 0 Å². The monoisotopic (exact) mass is 232 g/mol. The predicted octanol–water partition coefficient (Wildman–Crippen LogP) is 3.88. The second kappa shape index (κ2) is 7.66. The zero-order valence-corrected chi connectivity index (χ0v) is 10.1. The van der Waals surface area contributed by atoms with Gasteiger partial charge in [0.25, 0.3) is 0 Å². The van der Waals surface area contributed by atoms with Crippen molar-refractivity contribution in [3.8, 4) is 0 Å². The molecule has 0 heterocycles. The lowest BCUT2D eigenvalue weighted by Crippen LogP contribution is -1.95. The number of carboxylic acid groups (broad SMARTS) is 1. The molecule has 2 heteroatoms. The third kappa shape index (κ3) is 5.34. The number of aliphatic carboxylic acids is 1. The summed E-state index contributed by atoms with van der Waals surface area (Å²) >= 11 is 0. The molecular formula is C15H20O2. The molecule has 2 nitrogen and oxygen atoms in total. The molecule has 17 heavy (non-hydrogen) atoms. The summed E-state index contributed by atoms with van der Waals surface area (Å²) in [5.74, 6) is -0.140. The van der Waals surface area contributed by atoms with E-state index in [9.17, 15) is 4.79 Å². The van der Waals surface area contributed by atoms with E-state index in [2.05, 4.69) is 37.0 Å². The Morgan fingerprint density at radius 3 is 3.06 bits per heavy atom.